The topological polar surface area (TPSA) is 110 Å². The zero-order valence-corrected chi connectivity index (χ0v) is 12.5. The predicted octanol–water partition coefficient (Wildman–Crippen LogP) is 2.26. The number of nitrogens with zero attached hydrogens (tertiary/aromatic N) is 1. The molecule has 1 atom stereocenters. The molecule has 21 heavy (non-hydrogen) atoms. The van der Waals surface area contributed by atoms with Crippen molar-refractivity contribution in [2.45, 2.75) is 38.5 Å². The Kier molecular flexibility index (Phi) is 3.25. The number of thiophene rings is 1. The van der Waals surface area contributed by atoms with Crippen LogP contribution >= 0.6 is 11.3 Å². The monoisotopic (exact) mass is 303 g/mol. The Balaban J connectivity index is 2.09. The second-order valence-electron chi connectivity index (χ2n) is 5.91. The molecule has 0 aliphatic heterocycles. The molecule has 0 spiro atoms. The molecule has 2 aliphatic rings. The van der Waals surface area contributed by atoms with Crippen molar-refractivity contribution in [2.75, 3.05) is 5.73 Å². The predicted molar refractivity (Wildman–Crippen MR) is 79.9 cm³/mol. The lowest BCUT2D eigenvalue weighted by Crippen LogP contribution is -2.40. The Morgan fingerprint density at radius 2 is 2.05 bits per heavy atom. The summed E-state index contributed by atoms with van der Waals surface area (Å²) in [6, 6.07) is 2.31. The van der Waals surface area contributed by atoms with Crippen LogP contribution in [0.1, 0.15) is 57.7 Å². The third kappa shape index (κ3) is 1.88. The van der Waals surface area contributed by atoms with Gasteiger partial charge in [-0.3, -0.25) is 9.59 Å². The lowest BCUT2D eigenvalue weighted by atomic mass is 9.65. The van der Waals surface area contributed by atoms with Crippen molar-refractivity contribution in [2.24, 2.45) is 17.1 Å². The minimum atomic E-state index is -0.935. The molecule has 1 unspecified atom stereocenters. The van der Waals surface area contributed by atoms with Gasteiger partial charge < -0.3 is 11.5 Å². The van der Waals surface area contributed by atoms with Crippen LogP contribution in [0.25, 0.3) is 0 Å². The van der Waals surface area contributed by atoms with Gasteiger partial charge >= 0.3 is 0 Å². The molecular weight excluding hydrogens is 286 g/mol. The van der Waals surface area contributed by atoms with E-state index in [2.05, 4.69) is 6.07 Å². The highest BCUT2D eigenvalue weighted by Gasteiger charge is 2.51. The molecule has 4 N–H and O–H groups in total. The summed E-state index contributed by atoms with van der Waals surface area (Å²) in [6.07, 6.45) is 5.00. The molecule has 1 aromatic rings. The first-order chi connectivity index (χ1) is 10.0. The first kappa shape index (κ1) is 14.1. The van der Waals surface area contributed by atoms with Crippen LogP contribution in [0.3, 0.4) is 0 Å². The summed E-state index contributed by atoms with van der Waals surface area (Å²) in [6.45, 7) is 0. The third-order valence-corrected chi connectivity index (χ3v) is 5.97. The van der Waals surface area contributed by atoms with E-state index >= 15 is 0 Å². The molecule has 0 bridgehead atoms. The van der Waals surface area contributed by atoms with Crippen LogP contribution < -0.4 is 11.5 Å². The highest BCUT2D eigenvalue weighted by Crippen LogP contribution is 2.50. The van der Waals surface area contributed by atoms with Gasteiger partial charge in [-0.2, -0.15) is 5.26 Å². The van der Waals surface area contributed by atoms with Gasteiger partial charge in [-0.25, -0.2) is 0 Å². The molecule has 110 valence electrons. The summed E-state index contributed by atoms with van der Waals surface area (Å²) in [5.41, 5.74) is 11.2. The van der Waals surface area contributed by atoms with E-state index in [4.69, 9.17) is 11.5 Å². The fourth-order valence-electron chi connectivity index (χ4n) is 3.82. The Hall–Kier alpha value is -1.87. The van der Waals surface area contributed by atoms with Crippen LogP contribution in [0.4, 0.5) is 5.00 Å². The van der Waals surface area contributed by atoms with E-state index in [0.29, 0.717) is 28.3 Å². The van der Waals surface area contributed by atoms with Gasteiger partial charge in [-0.1, -0.05) is 12.8 Å². The molecule has 0 aromatic carbocycles. The second-order valence-corrected chi connectivity index (χ2v) is 6.96. The number of anilines is 1. The fraction of sp³-hybridized carbons (Fsp3) is 0.533. The van der Waals surface area contributed by atoms with E-state index in [-0.39, 0.29) is 17.3 Å². The van der Waals surface area contributed by atoms with E-state index in [1.807, 2.05) is 0 Å². The van der Waals surface area contributed by atoms with Crippen LogP contribution in [0.15, 0.2) is 0 Å². The maximum atomic E-state index is 12.9. The average Bonchev–Trinajstić information content (AvgIpc) is 3.07. The summed E-state index contributed by atoms with van der Waals surface area (Å²) in [7, 11) is 0. The molecule has 6 heteroatoms. The molecule has 1 aromatic heterocycles. The minimum absolute atomic E-state index is 0.128. The van der Waals surface area contributed by atoms with Crippen molar-refractivity contribution >= 4 is 28.0 Å². The lowest BCUT2D eigenvalue weighted by molar-refractivity contribution is 0.0751. The largest absolute Gasteiger partial charge is 0.390 e. The Morgan fingerprint density at radius 1 is 1.38 bits per heavy atom. The first-order valence-corrected chi connectivity index (χ1v) is 8.00. The maximum absolute atomic E-state index is 12.9. The van der Waals surface area contributed by atoms with Crippen LogP contribution in [-0.2, 0) is 6.42 Å². The number of carbonyl (C=O) groups excluding carboxylic acids is 2. The molecule has 3 rings (SSSR count). The van der Waals surface area contributed by atoms with Gasteiger partial charge in [0.05, 0.1) is 21.5 Å². The number of ketones is 1. The Morgan fingerprint density at radius 3 is 2.62 bits per heavy atom. The number of Topliss-reactive ketones (excluding diaryl/α,β-unsaturated/α-hetero) is 1. The maximum Gasteiger partial charge on any atom is 0.251 e. The molecule has 1 fully saturated rings. The average molecular weight is 303 g/mol. The van der Waals surface area contributed by atoms with E-state index in [1.54, 1.807) is 0 Å². The molecule has 1 heterocycles. The number of amides is 1. The number of rotatable bonds is 2. The van der Waals surface area contributed by atoms with Crippen LogP contribution in [0.5, 0.6) is 0 Å². The van der Waals surface area contributed by atoms with Gasteiger partial charge in [0.25, 0.3) is 5.91 Å². The van der Waals surface area contributed by atoms with Gasteiger partial charge in [0, 0.05) is 0 Å². The molecule has 0 radical (unpaired) electrons. The zero-order chi connectivity index (χ0) is 15.2. The van der Waals surface area contributed by atoms with Gasteiger partial charge in [0.2, 0.25) is 0 Å². The SMILES string of the molecule is N#CC1(C2CCCC2)CCc2c(sc(N)c2C(N)=O)C1=O. The van der Waals surface area contributed by atoms with Gasteiger partial charge in [-0.15, -0.1) is 11.3 Å². The van der Waals surface area contributed by atoms with E-state index in [0.717, 1.165) is 37.0 Å². The quantitative estimate of drug-likeness (QED) is 0.873. The van der Waals surface area contributed by atoms with E-state index in [1.165, 1.54) is 0 Å². The van der Waals surface area contributed by atoms with E-state index in [9.17, 15) is 14.9 Å². The Labute approximate surface area is 126 Å². The standard InChI is InChI=1S/C15H17N3O2S/c16-7-15(8-3-1-2-4-8)6-5-9-10(13(17)20)14(18)21-11(9)12(15)19/h8H,1-6,18H2,(H2,17,20). The minimum Gasteiger partial charge on any atom is -0.390 e. The summed E-state index contributed by atoms with van der Waals surface area (Å²) < 4.78 is 0. The number of hydrogen-bond donors (Lipinski definition) is 2. The lowest BCUT2D eigenvalue weighted by Gasteiger charge is -2.34. The van der Waals surface area contributed by atoms with Gasteiger partial charge in [0.15, 0.2) is 5.78 Å². The number of hydrogen-bond acceptors (Lipinski definition) is 5. The number of nitrogen functional groups attached to an aromatic ring is 1. The number of fused-ring (bicyclic) bond motifs is 1. The number of nitriles is 1. The highest BCUT2D eigenvalue weighted by molar-refractivity contribution is 7.18. The van der Waals surface area contributed by atoms with Crippen molar-refractivity contribution in [1.82, 2.24) is 0 Å². The molecule has 2 aliphatic carbocycles. The summed E-state index contributed by atoms with van der Waals surface area (Å²) in [5.74, 6) is -0.617. The molecule has 1 amide bonds. The van der Waals surface area contributed by atoms with Gasteiger partial charge in [-0.05, 0) is 37.2 Å². The smallest absolute Gasteiger partial charge is 0.251 e. The van der Waals surface area contributed by atoms with Crippen molar-refractivity contribution in [1.29, 1.82) is 5.26 Å². The number of carbonyl (C=O) groups is 2. The molecule has 5 nitrogen and oxygen atoms in total. The van der Waals surface area contributed by atoms with Crippen LogP contribution in [0, 0.1) is 22.7 Å². The first-order valence-electron chi connectivity index (χ1n) is 7.18. The van der Waals surface area contributed by atoms with Crippen molar-refractivity contribution < 1.29 is 9.59 Å². The highest BCUT2D eigenvalue weighted by atomic mass is 32.1. The summed E-state index contributed by atoms with van der Waals surface area (Å²) in [4.78, 5) is 24.9. The number of nitrogens with two attached hydrogens (primary N) is 2. The number of primary amides is 1. The van der Waals surface area contributed by atoms with E-state index < -0.39 is 11.3 Å². The van der Waals surface area contributed by atoms with Crippen LogP contribution in [-0.4, -0.2) is 11.7 Å². The summed E-state index contributed by atoms with van der Waals surface area (Å²) >= 11 is 1.11. The second kappa shape index (κ2) is 4.85. The van der Waals surface area contributed by atoms with Crippen molar-refractivity contribution in [3.63, 3.8) is 0 Å². The fourth-order valence-corrected chi connectivity index (χ4v) is 4.97. The summed E-state index contributed by atoms with van der Waals surface area (Å²) in [5, 5.41) is 9.99. The van der Waals surface area contributed by atoms with Crippen LogP contribution in [0.2, 0.25) is 0 Å². The molecule has 1 saturated carbocycles. The van der Waals surface area contributed by atoms with Gasteiger partial charge in [0.1, 0.15) is 5.41 Å². The van der Waals surface area contributed by atoms with Crippen molar-refractivity contribution in [3.05, 3.63) is 16.0 Å². The zero-order valence-electron chi connectivity index (χ0n) is 11.6. The molecule has 0 saturated heterocycles. The van der Waals surface area contributed by atoms with Crippen molar-refractivity contribution in [3.8, 4) is 6.07 Å². The third-order valence-electron chi connectivity index (χ3n) is 4.91. The molecular formula is C15H17N3O2S. The Bertz CT molecular complexity index is 667. The normalized spacial score (nSPS) is 25.6.